The first-order valence-electron chi connectivity index (χ1n) is 10.4. The molecule has 0 nitrogen and oxygen atoms in total. The molecule has 0 spiro atoms. The van der Waals surface area contributed by atoms with Crippen LogP contribution in [0.2, 0.25) is 0 Å². The van der Waals surface area contributed by atoms with E-state index in [2.05, 4.69) is 86.8 Å². The van der Waals surface area contributed by atoms with Gasteiger partial charge < -0.3 is 0 Å². The lowest BCUT2D eigenvalue weighted by Gasteiger charge is -2.26. The van der Waals surface area contributed by atoms with Crippen molar-refractivity contribution in [3.8, 4) is 0 Å². The summed E-state index contributed by atoms with van der Waals surface area (Å²) in [5.41, 5.74) is 6.93. The van der Waals surface area contributed by atoms with Crippen molar-refractivity contribution in [2.24, 2.45) is 11.3 Å². The normalized spacial score (nSPS) is 16.9. The Bertz CT molecular complexity index is 511. The molecule has 0 fully saturated rings. The molecule has 0 saturated carbocycles. The van der Waals surface area contributed by atoms with Crippen LogP contribution in [0.5, 0.6) is 0 Å². The van der Waals surface area contributed by atoms with Crippen LogP contribution in [0, 0.1) is 11.3 Å². The minimum Gasteiger partial charge on any atom is -0.0912 e. The third-order valence-corrected chi connectivity index (χ3v) is 4.64. The zero-order chi connectivity index (χ0) is 20.9. The molecule has 0 heterocycles. The fraction of sp³-hybridized carbons (Fsp3) is 0.615. The second-order valence-electron chi connectivity index (χ2n) is 8.51. The van der Waals surface area contributed by atoms with Crippen LogP contribution in [-0.4, -0.2) is 0 Å². The first-order valence-corrected chi connectivity index (χ1v) is 10.4. The summed E-state index contributed by atoms with van der Waals surface area (Å²) >= 11 is 0. The van der Waals surface area contributed by atoms with Crippen LogP contribution >= 0.6 is 0 Å². The molecule has 0 aromatic heterocycles. The maximum absolute atomic E-state index is 4.25. The van der Waals surface area contributed by atoms with Crippen LogP contribution in [0.15, 0.2) is 59.3 Å². The summed E-state index contributed by atoms with van der Waals surface area (Å²) in [6, 6.07) is 0. The minimum atomic E-state index is 0.542. The fourth-order valence-electron chi connectivity index (χ4n) is 2.56. The van der Waals surface area contributed by atoms with Gasteiger partial charge in [0.05, 0.1) is 0 Å². The van der Waals surface area contributed by atoms with Crippen LogP contribution in [0.25, 0.3) is 0 Å². The van der Waals surface area contributed by atoms with Crippen molar-refractivity contribution in [2.45, 2.75) is 94.9 Å². The van der Waals surface area contributed by atoms with Crippen molar-refractivity contribution in [1.29, 1.82) is 0 Å². The van der Waals surface area contributed by atoms with Gasteiger partial charge in [-0.3, -0.25) is 0 Å². The number of allylic oxidation sites excluding steroid dienone is 8. The van der Waals surface area contributed by atoms with Gasteiger partial charge in [0, 0.05) is 0 Å². The van der Waals surface area contributed by atoms with Gasteiger partial charge in [0.1, 0.15) is 0 Å². The van der Waals surface area contributed by atoms with E-state index in [0.717, 1.165) is 11.1 Å². The van der Waals surface area contributed by atoms with Gasteiger partial charge in [-0.15, -0.1) is 0 Å². The van der Waals surface area contributed by atoms with Crippen LogP contribution in [-0.2, 0) is 0 Å². The van der Waals surface area contributed by atoms with E-state index in [0.29, 0.717) is 11.3 Å². The van der Waals surface area contributed by atoms with Crippen LogP contribution in [0.3, 0.4) is 0 Å². The highest BCUT2D eigenvalue weighted by Gasteiger charge is 2.19. The predicted octanol–water partition coefficient (Wildman–Crippen LogP) is 9.23. The topological polar surface area (TPSA) is 0 Å². The zero-order valence-corrected chi connectivity index (χ0v) is 19.6. The Labute approximate surface area is 165 Å². The number of rotatable bonds is 4. The Morgan fingerprint density at radius 3 is 2.04 bits per heavy atom. The zero-order valence-electron chi connectivity index (χ0n) is 19.6. The van der Waals surface area contributed by atoms with Crippen molar-refractivity contribution in [2.75, 3.05) is 0 Å². The van der Waals surface area contributed by atoms with E-state index in [9.17, 15) is 0 Å². The fourth-order valence-corrected chi connectivity index (χ4v) is 2.56. The standard InChI is InChI=1S/C18H26.C6H14.C2H6/c1-13(2)9-7-10-14(3)17(6)18-15(4)11-8-12-16(18)5;1-5-6(2,3)4;1-2/h7,9-10,15H,3,6,8,11-12H2,1-2,4-5H3;5H2,1-4H3;1-2H3/b10-7-;;. The Morgan fingerprint density at radius 2 is 1.65 bits per heavy atom. The maximum Gasteiger partial charge on any atom is -0.0185 e. The second kappa shape index (κ2) is 13.8. The van der Waals surface area contributed by atoms with Gasteiger partial charge in [0.15, 0.2) is 0 Å². The third-order valence-electron chi connectivity index (χ3n) is 4.64. The van der Waals surface area contributed by atoms with Gasteiger partial charge in [-0.25, -0.2) is 0 Å². The first-order chi connectivity index (χ1) is 12.0. The van der Waals surface area contributed by atoms with Crippen molar-refractivity contribution < 1.29 is 0 Å². The highest BCUT2D eigenvalue weighted by molar-refractivity contribution is 5.52. The van der Waals surface area contributed by atoms with E-state index in [1.807, 2.05) is 13.8 Å². The Morgan fingerprint density at radius 1 is 1.15 bits per heavy atom. The monoisotopic (exact) mass is 358 g/mol. The largest absolute Gasteiger partial charge is 0.0912 e. The molecule has 1 atom stereocenters. The molecule has 26 heavy (non-hydrogen) atoms. The average molecular weight is 359 g/mol. The average Bonchev–Trinajstić information content (AvgIpc) is 2.56. The van der Waals surface area contributed by atoms with E-state index < -0.39 is 0 Å². The van der Waals surface area contributed by atoms with Gasteiger partial charge in [0.2, 0.25) is 0 Å². The lowest BCUT2D eigenvalue weighted by atomic mass is 9.79. The van der Waals surface area contributed by atoms with Crippen molar-refractivity contribution in [3.05, 3.63) is 59.3 Å². The molecule has 0 radical (unpaired) electrons. The Balaban J connectivity index is 0. The summed E-state index contributed by atoms with van der Waals surface area (Å²) in [5, 5.41) is 0. The molecule has 150 valence electrons. The van der Waals surface area contributed by atoms with Crippen molar-refractivity contribution in [3.63, 3.8) is 0 Å². The molecule has 0 aromatic carbocycles. The molecule has 0 aliphatic heterocycles. The van der Waals surface area contributed by atoms with Crippen LogP contribution < -0.4 is 0 Å². The van der Waals surface area contributed by atoms with Crippen LogP contribution in [0.4, 0.5) is 0 Å². The van der Waals surface area contributed by atoms with Gasteiger partial charge >= 0.3 is 0 Å². The smallest absolute Gasteiger partial charge is 0.0185 e. The molecule has 0 aromatic rings. The van der Waals surface area contributed by atoms with Crippen molar-refractivity contribution in [1.82, 2.24) is 0 Å². The molecule has 0 saturated heterocycles. The summed E-state index contributed by atoms with van der Waals surface area (Å²) in [4.78, 5) is 0. The first kappa shape index (κ1) is 26.9. The molecular weight excluding hydrogens is 312 g/mol. The highest BCUT2D eigenvalue weighted by Crippen LogP contribution is 2.36. The number of hydrogen-bond acceptors (Lipinski definition) is 0. The molecule has 0 heteroatoms. The maximum atomic E-state index is 4.25. The van der Waals surface area contributed by atoms with E-state index in [4.69, 9.17) is 0 Å². The van der Waals surface area contributed by atoms with E-state index >= 15 is 0 Å². The molecule has 1 rings (SSSR count). The molecule has 1 unspecified atom stereocenters. The molecule has 1 aliphatic carbocycles. The van der Waals surface area contributed by atoms with Gasteiger partial charge in [-0.05, 0) is 68.1 Å². The quantitative estimate of drug-likeness (QED) is 0.439. The summed E-state index contributed by atoms with van der Waals surface area (Å²) < 4.78 is 0. The SMILES string of the molecule is C=C(/C=C\C=C(C)C)C(=C)C1=C(C)CCCC1C.CC.CCC(C)(C)C. The van der Waals surface area contributed by atoms with E-state index in [1.54, 1.807) is 0 Å². The summed E-state index contributed by atoms with van der Waals surface area (Å²) in [5.74, 6) is 0.625. The van der Waals surface area contributed by atoms with Gasteiger partial charge in [-0.2, -0.15) is 0 Å². The molecule has 0 amide bonds. The summed E-state index contributed by atoms with van der Waals surface area (Å²) in [7, 11) is 0. The highest BCUT2D eigenvalue weighted by atomic mass is 14.2. The Kier molecular flexibility index (Phi) is 14.3. The molecule has 1 aliphatic rings. The van der Waals surface area contributed by atoms with Gasteiger partial charge in [0.25, 0.3) is 0 Å². The Hall–Kier alpha value is -1.30. The van der Waals surface area contributed by atoms with Crippen LogP contribution in [0.1, 0.15) is 94.9 Å². The second-order valence-corrected chi connectivity index (χ2v) is 8.51. The lowest BCUT2D eigenvalue weighted by molar-refractivity contribution is 0.398. The molecule has 0 N–H and O–H groups in total. The third kappa shape index (κ3) is 12.1. The lowest BCUT2D eigenvalue weighted by Crippen LogP contribution is -2.10. The summed E-state index contributed by atoms with van der Waals surface area (Å²) in [6.07, 6.45) is 11.3. The minimum absolute atomic E-state index is 0.542. The van der Waals surface area contributed by atoms with E-state index in [1.165, 1.54) is 42.4 Å². The van der Waals surface area contributed by atoms with Gasteiger partial charge in [-0.1, -0.05) is 97.4 Å². The molecule has 0 bridgehead atoms. The number of hydrogen-bond donors (Lipinski definition) is 0. The van der Waals surface area contributed by atoms with E-state index in [-0.39, 0.29) is 0 Å². The molecular formula is C26H46. The van der Waals surface area contributed by atoms with Crippen molar-refractivity contribution >= 4 is 0 Å². The predicted molar refractivity (Wildman–Crippen MR) is 124 cm³/mol. The summed E-state index contributed by atoms with van der Waals surface area (Å²) in [6.45, 7) is 30.1.